The Morgan fingerprint density at radius 3 is 3.21 bits per heavy atom. The highest BCUT2D eigenvalue weighted by atomic mass is 15.2. The van der Waals surface area contributed by atoms with Crippen LogP contribution in [-0.4, -0.2) is 42.6 Å². The van der Waals surface area contributed by atoms with Gasteiger partial charge in [-0.3, -0.25) is 4.98 Å². The van der Waals surface area contributed by atoms with E-state index in [4.69, 9.17) is 0 Å². The first-order chi connectivity index (χ1) is 6.84. The standard InChI is InChI=1S/C11H17N3/c1-14-7-6-13-11(9-14)8-10-4-2-3-5-12-10/h2-5,11,13H,6-9H2,1H3. The molecule has 1 N–H and O–H groups in total. The van der Waals surface area contributed by atoms with Crippen molar-refractivity contribution in [3.8, 4) is 0 Å². The molecule has 1 aromatic rings. The summed E-state index contributed by atoms with van der Waals surface area (Å²) in [6.45, 7) is 3.36. The van der Waals surface area contributed by atoms with Crippen LogP contribution in [0.2, 0.25) is 0 Å². The molecule has 2 rings (SSSR count). The van der Waals surface area contributed by atoms with Crippen LogP contribution in [0.15, 0.2) is 24.4 Å². The second kappa shape index (κ2) is 4.53. The van der Waals surface area contributed by atoms with Crippen molar-refractivity contribution in [2.75, 3.05) is 26.7 Å². The number of hydrogen-bond donors (Lipinski definition) is 1. The molecule has 0 aromatic carbocycles. The van der Waals surface area contributed by atoms with Gasteiger partial charge in [-0.1, -0.05) is 6.07 Å². The van der Waals surface area contributed by atoms with Gasteiger partial charge in [-0.15, -0.1) is 0 Å². The third-order valence-electron chi connectivity index (χ3n) is 2.64. The first-order valence-corrected chi connectivity index (χ1v) is 5.16. The molecule has 0 aliphatic carbocycles. The third-order valence-corrected chi connectivity index (χ3v) is 2.64. The summed E-state index contributed by atoms with van der Waals surface area (Å²) in [6.07, 6.45) is 2.90. The zero-order chi connectivity index (χ0) is 9.80. The largest absolute Gasteiger partial charge is 0.311 e. The molecule has 2 heterocycles. The molecule has 0 amide bonds. The van der Waals surface area contributed by atoms with Crippen molar-refractivity contribution in [2.45, 2.75) is 12.5 Å². The summed E-state index contributed by atoms with van der Waals surface area (Å²) in [6, 6.07) is 6.67. The molecule has 1 aliphatic heterocycles. The second-order valence-electron chi connectivity index (χ2n) is 3.94. The minimum atomic E-state index is 0.559. The van der Waals surface area contributed by atoms with Gasteiger partial charge in [0, 0.05) is 44.0 Å². The lowest BCUT2D eigenvalue weighted by molar-refractivity contribution is 0.237. The van der Waals surface area contributed by atoms with E-state index in [1.165, 1.54) is 5.69 Å². The van der Waals surface area contributed by atoms with E-state index in [1.54, 1.807) is 0 Å². The molecule has 3 nitrogen and oxygen atoms in total. The lowest BCUT2D eigenvalue weighted by atomic mass is 10.1. The average molecular weight is 191 g/mol. The average Bonchev–Trinajstić information content (AvgIpc) is 2.19. The Morgan fingerprint density at radius 1 is 1.57 bits per heavy atom. The fourth-order valence-electron chi connectivity index (χ4n) is 1.90. The molecule has 14 heavy (non-hydrogen) atoms. The van der Waals surface area contributed by atoms with Gasteiger partial charge in [-0.2, -0.15) is 0 Å². The smallest absolute Gasteiger partial charge is 0.0419 e. The van der Waals surface area contributed by atoms with Gasteiger partial charge in [-0.25, -0.2) is 0 Å². The van der Waals surface area contributed by atoms with Crippen molar-refractivity contribution in [1.82, 2.24) is 15.2 Å². The maximum atomic E-state index is 4.34. The van der Waals surface area contributed by atoms with E-state index in [1.807, 2.05) is 12.3 Å². The van der Waals surface area contributed by atoms with Crippen LogP contribution in [0, 0.1) is 0 Å². The Morgan fingerprint density at radius 2 is 2.50 bits per heavy atom. The Kier molecular flexibility index (Phi) is 3.11. The molecule has 1 atom stereocenters. The Hall–Kier alpha value is -0.930. The highest BCUT2D eigenvalue weighted by molar-refractivity contribution is 5.05. The Labute approximate surface area is 85.1 Å². The highest BCUT2D eigenvalue weighted by Gasteiger charge is 2.16. The molecule has 1 aliphatic rings. The number of pyridine rings is 1. The van der Waals surface area contributed by atoms with Crippen molar-refractivity contribution in [3.05, 3.63) is 30.1 Å². The molecule has 0 bridgehead atoms. The second-order valence-corrected chi connectivity index (χ2v) is 3.94. The predicted octanol–water partition coefficient (Wildman–Crippen LogP) is 0.528. The molecule has 1 aromatic heterocycles. The zero-order valence-corrected chi connectivity index (χ0v) is 8.61. The van der Waals surface area contributed by atoms with Crippen LogP contribution < -0.4 is 5.32 Å². The Bertz CT molecular complexity index is 273. The van der Waals surface area contributed by atoms with Gasteiger partial charge >= 0.3 is 0 Å². The summed E-state index contributed by atoms with van der Waals surface area (Å²) in [5.74, 6) is 0. The summed E-state index contributed by atoms with van der Waals surface area (Å²) < 4.78 is 0. The molecule has 1 saturated heterocycles. The number of aromatic nitrogens is 1. The van der Waals surface area contributed by atoms with E-state index in [0.29, 0.717) is 6.04 Å². The van der Waals surface area contributed by atoms with E-state index in [0.717, 1.165) is 26.1 Å². The van der Waals surface area contributed by atoms with Gasteiger partial charge < -0.3 is 10.2 Å². The fraction of sp³-hybridized carbons (Fsp3) is 0.545. The van der Waals surface area contributed by atoms with Crippen LogP contribution in [0.5, 0.6) is 0 Å². The van der Waals surface area contributed by atoms with Gasteiger partial charge in [0.05, 0.1) is 0 Å². The van der Waals surface area contributed by atoms with Gasteiger partial charge in [0.2, 0.25) is 0 Å². The number of rotatable bonds is 2. The van der Waals surface area contributed by atoms with Crippen molar-refractivity contribution < 1.29 is 0 Å². The van der Waals surface area contributed by atoms with Gasteiger partial charge in [0.1, 0.15) is 0 Å². The van der Waals surface area contributed by atoms with Crippen LogP contribution in [0.25, 0.3) is 0 Å². The molecule has 1 fully saturated rings. The highest BCUT2D eigenvalue weighted by Crippen LogP contribution is 2.03. The molecule has 76 valence electrons. The van der Waals surface area contributed by atoms with E-state index in [9.17, 15) is 0 Å². The topological polar surface area (TPSA) is 28.2 Å². The number of piperazine rings is 1. The Balaban J connectivity index is 1.91. The lowest BCUT2D eigenvalue weighted by Gasteiger charge is -2.30. The van der Waals surface area contributed by atoms with Crippen molar-refractivity contribution in [2.24, 2.45) is 0 Å². The molecular weight excluding hydrogens is 174 g/mol. The van der Waals surface area contributed by atoms with Gasteiger partial charge in [-0.05, 0) is 19.2 Å². The third kappa shape index (κ3) is 2.53. The van der Waals surface area contributed by atoms with Crippen LogP contribution in [-0.2, 0) is 6.42 Å². The molecular formula is C11H17N3. The minimum absolute atomic E-state index is 0.559. The van der Waals surface area contributed by atoms with E-state index >= 15 is 0 Å². The van der Waals surface area contributed by atoms with Gasteiger partial charge in [0.15, 0.2) is 0 Å². The summed E-state index contributed by atoms with van der Waals surface area (Å²) in [7, 11) is 2.17. The summed E-state index contributed by atoms with van der Waals surface area (Å²) in [5.41, 5.74) is 1.18. The summed E-state index contributed by atoms with van der Waals surface area (Å²) >= 11 is 0. The summed E-state index contributed by atoms with van der Waals surface area (Å²) in [5, 5.41) is 3.52. The molecule has 0 radical (unpaired) electrons. The molecule has 1 unspecified atom stereocenters. The number of nitrogens with one attached hydrogen (secondary N) is 1. The first-order valence-electron chi connectivity index (χ1n) is 5.16. The van der Waals surface area contributed by atoms with Crippen LogP contribution >= 0.6 is 0 Å². The van der Waals surface area contributed by atoms with Gasteiger partial charge in [0.25, 0.3) is 0 Å². The normalized spacial score (nSPS) is 23.6. The van der Waals surface area contributed by atoms with Crippen LogP contribution in [0.3, 0.4) is 0 Å². The summed E-state index contributed by atoms with van der Waals surface area (Å²) in [4.78, 5) is 6.70. The fourth-order valence-corrected chi connectivity index (χ4v) is 1.90. The monoisotopic (exact) mass is 191 g/mol. The molecule has 0 saturated carbocycles. The first kappa shape index (κ1) is 9.62. The maximum Gasteiger partial charge on any atom is 0.0419 e. The van der Waals surface area contributed by atoms with Crippen LogP contribution in [0.1, 0.15) is 5.69 Å². The lowest BCUT2D eigenvalue weighted by Crippen LogP contribution is -2.50. The number of likely N-dealkylation sites (N-methyl/N-ethyl adjacent to an activating group) is 1. The maximum absolute atomic E-state index is 4.34. The SMILES string of the molecule is CN1CCNC(Cc2ccccn2)C1. The van der Waals surface area contributed by atoms with Crippen molar-refractivity contribution in [1.29, 1.82) is 0 Å². The minimum Gasteiger partial charge on any atom is -0.311 e. The quantitative estimate of drug-likeness (QED) is 0.739. The molecule has 0 spiro atoms. The zero-order valence-electron chi connectivity index (χ0n) is 8.61. The molecule has 3 heteroatoms. The van der Waals surface area contributed by atoms with Crippen LogP contribution in [0.4, 0.5) is 0 Å². The number of hydrogen-bond acceptors (Lipinski definition) is 3. The number of nitrogens with zero attached hydrogens (tertiary/aromatic N) is 2. The van der Waals surface area contributed by atoms with E-state index in [-0.39, 0.29) is 0 Å². The predicted molar refractivity (Wildman–Crippen MR) is 57.2 cm³/mol. The van der Waals surface area contributed by atoms with E-state index in [2.05, 4.69) is 34.4 Å². The van der Waals surface area contributed by atoms with Crippen molar-refractivity contribution in [3.63, 3.8) is 0 Å². The van der Waals surface area contributed by atoms with E-state index < -0.39 is 0 Å². The van der Waals surface area contributed by atoms with Crippen molar-refractivity contribution >= 4 is 0 Å².